The van der Waals surface area contributed by atoms with Gasteiger partial charge in [0, 0.05) is 0 Å². The van der Waals surface area contributed by atoms with Gasteiger partial charge in [0.2, 0.25) is 10.0 Å². The maximum atomic E-state index is 12.5. The zero-order valence-corrected chi connectivity index (χ0v) is 14.8. The topological polar surface area (TPSA) is 95.5 Å². The zero-order valence-electron chi connectivity index (χ0n) is 14.0. The van der Waals surface area contributed by atoms with Gasteiger partial charge in [0.25, 0.3) is 5.91 Å². The molecule has 0 bridgehead atoms. The number of nitrogens with one attached hydrogen (secondary N) is 2. The Morgan fingerprint density at radius 3 is 2.62 bits per heavy atom. The molecule has 1 unspecified atom stereocenters. The summed E-state index contributed by atoms with van der Waals surface area (Å²) < 4.78 is 27.4. The summed E-state index contributed by atoms with van der Waals surface area (Å²) in [7, 11) is -3.81. The van der Waals surface area contributed by atoms with Gasteiger partial charge in [-0.3, -0.25) is 10.0 Å². The van der Waals surface area contributed by atoms with Crippen LogP contribution in [-0.2, 0) is 14.8 Å². The maximum Gasteiger partial charge on any atom is 0.261 e. The van der Waals surface area contributed by atoms with Gasteiger partial charge in [-0.2, -0.15) is 4.72 Å². The van der Waals surface area contributed by atoms with E-state index in [1.54, 1.807) is 30.6 Å². The Balaban J connectivity index is 2.05. The molecule has 0 heterocycles. The van der Waals surface area contributed by atoms with E-state index < -0.39 is 22.0 Å². The molecule has 1 aliphatic carbocycles. The van der Waals surface area contributed by atoms with Crippen LogP contribution in [0.25, 0.3) is 0 Å². The van der Waals surface area contributed by atoms with Crippen LogP contribution < -0.4 is 10.2 Å². The lowest BCUT2D eigenvalue weighted by Crippen LogP contribution is -2.46. The molecule has 2 rings (SSSR count). The highest BCUT2D eigenvalue weighted by atomic mass is 32.2. The van der Waals surface area contributed by atoms with Crippen LogP contribution in [-0.4, -0.2) is 25.6 Å². The van der Waals surface area contributed by atoms with Crippen molar-refractivity contribution in [2.24, 2.45) is 5.92 Å². The Bertz CT molecular complexity index is 654. The second-order valence-electron chi connectivity index (χ2n) is 6.55. The molecule has 1 saturated carbocycles. The Hall–Kier alpha value is -1.44. The summed E-state index contributed by atoms with van der Waals surface area (Å²) in [6.45, 7) is 1.81. The first kappa shape index (κ1) is 18.9. The van der Waals surface area contributed by atoms with Crippen molar-refractivity contribution in [2.45, 2.75) is 62.8 Å². The summed E-state index contributed by atoms with van der Waals surface area (Å²) >= 11 is 0. The average molecular weight is 354 g/mol. The molecular formula is C17H26N2O4S. The van der Waals surface area contributed by atoms with Crippen molar-refractivity contribution in [2.75, 3.05) is 0 Å². The quantitative estimate of drug-likeness (QED) is 0.518. The van der Waals surface area contributed by atoms with E-state index >= 15 is 0 Å². The molecule has 0 saturated heterocycles. The third kappa shape index (κ3) is 5.29. The predicted octanol–water partition coefficient (Wildman–Crippen LogP) is 2.51. The number of hydroxylamine groups is 1. The van der Waals surface area contributed by atoms with Gasteiger partial charge in [0.1, 0.15) is 6.04 Å². The van der Waals surface area contributed by atoms with Crippen molar-refractivity contribution < 1.29 is 18.4 Å². The minimum absolute atomic E-state index is 0.121. The Kier molecular flexibility index (Phi) is 6.77. The molecular weight excluding hydrogens is 328 g/mol. The standard InChI is InChI=1S/C17H26N2O4S/c1-13-6-5-9-15(12-13)24(22,23)19-16(17(20)18-21)11-10-14-7-3-2-4-8-14/h5-6,9,12,14,16,19,21H,2-4,7-8,10-11H2,1H3,(H,18,20). The van der Waals surface area contributed by atoms with E-state index in [2.05, 4.69) is 4.72 Å². The third-order valence-electron chi connectivity index (χ3n) is 4.61. The fraction of sp³-hybridized carbons (Fsp3) is 0.588. The Labute approximate surface area is 143 Å². The van der Waals surface area contributed by atoms with E-state index in [0.29, 0.717) is 12.3 Å². The first-order valence-corrected chi connectivity index (χ1v) is 9.93. The summed E-state index contributed by atoms with van der Waals surface area (Å²) in [5.74, 6) is -0.196. The van der Waals surface area contributed by atoms with Gasteiger partial charge in [-0.25, -0.2) is 13.9 Å². The lowest BCUT2D eigenvalue weighted by atomic mass is 9.85. The summed E-state index contributed by atoms with van der Waals surface area (Å²) in [6.07, 6.45) is 7.02. The summed E-state index contributed by atoms with van der Waals surface area (Å²) in [5.41, 5.74) is 2.39. The fourth-order valence-electron chi connectivity index (χ4n) is 3.24. The molecule has 0 radical (unpaired) electrons. The number of aryl methyl sites for hydroxylation is 1. The van der Waals surface area contributed by atoms with Crippen molar-refractivity contribution in [1.29, 1.82) is 0 Å². The molecule has 0 aromatic heterocycles. The molecule has 1 amide bonds. The molecule has 6 nitrogen and oxygen atoms in total. The number of amides is 1. The second-order valence-corrected chi connectivity index (χ2v) is 8.26. The predicted molar refractivity (Wildman–Crippen MR) is 91.0 cm³/mol. The van der Waals surface area contributed by atoms with Crippen LogP contribution in [0.1, 0.15) is 50.5 Å². The van der Waals surface area contributed by atoms with Crippen molar-refractivity contribution >= 4 is 15.9 Å². The van der Waals surface area contributed by atoms with Crippen molar-refractivity contribution in [3.05, 3.63) is 29.8 Å². The number of rotatable bonds is 7. The van der Waals surface area contributed by atoms with E-state index in [0.717, 1.165) is 24.8 Å². The van der Waals surface area contributed by atoms with Crippen LogP contribution in [0.2, 0.25) is 0 Å². The van der Waals surface area contributed by atoms with Crippen LogP contribution in [0.3, 0.4) is 0 Å². The van der Waals surface area contributed by atoms with Gasteiger partial charge >= 0.3 is 0 Å². The number of carbonyl (C=O) groups is 1. The van der Waals surface area contributed by atoms with Crippen LogP contribution in [0.5, 0.6) is 0 Å². The van der Waals surface area contributed by atoms with Gasteiger partial charge in [0.15, 0.2) is 0 Å². The molecule has 134 valence electrons. The molecule has 0 spiro atoms. The first-order chi connectivity index (χ1) is 11.4. The van der Waals surface area contributed by atoms with Gasteiger partial charge in [-0.15, -0.1) is 0 Å². The minimum Gasteiger partial charge on any atom is -0.289 e. The van der Waals surface area contributed by atoms with Crippen molar-refractivity contribution in [3.8, 4) is 0 Å². The normalized spacial score (nSPS) is 17.4. The third-order valence-corrected chi connectivity index (χ3v) is 6.08. The van der Waals surface area contributed by atoms with E-state index in [9.17, 15) is 13.2 Å². The number of hydrogen-bond donors (Lipinski definition) is 3. The number of carbonyl (C=O) groups excluding carboxylic acids is 1. The lowest BCUT2D eigenvalue weighted by molar-refractivity contribution is -0.131. The highest BCUT2D eigenvalue weighted by Gasteiger charge is 2.26. The van der Waals surface area contributed by atoms with E-state index in [1.165, 1.54) is 25.3 Å². The molecule has 0 aliphatic heterocycles. The Morgan fingerprint density at radius 1 is 1.29 bits per heavy atom. The van der Waals surface area contributed by atoms with Gasteiger partial charge in [-0.1, -0.05) is 44.2 Å². The molecule has 1 aromatic carbocycles. The van der Waals surface area contributed by atoms with Gasteiger partial charge < -0.3 is 0 Å². The van der Waals surface area contributed by atoms with E-state index in [1.807, 2.05) is 0 Å². The first-order valence-electron chi connectivity index (χ1n) is 8.45. The number of sulfonamides is 1. The highest BCUT2D eigenvalue weighted by Crippen LogP contribution is 2.28. The van der Waals surface area contributed by atoms with Crippen LogP contribution in [0.4, 0.5) is 0 Å². The van der Waals surface area contributed by atoms with Crippen LogP contribution in [0.15, 0.2) is 29.2 Å². The van der Waals surface area contributed by atoms with Crippen LogP contribution in [0, 0.1) is 12.8 Å². The van der Waals surface area contributed by atoms with Crippen molar-refractivity contribution in [3.63, 3.8) is 0 Å². The molecule has 1 atom stereocenters. The lowest BCUT2D eigenvalue weighted by Gasteiger charge is -2.24. The van der Waals surface area contributed by atoms with E-state index in [-0.39, 0.29) is 4.90 Å². The zero-order chi connectivity index (χ0) is 17.6. The number of hydrogen-bond acceptors (Lipinski definition) is 4. The molecule has 1 aromatic rings. The molecule has 3 N–H and O–H groups in total. The molecule has 1 fully saturated rings. The summed E-state index contributed by atoms with van der Waals surface area (Å²) in [6, 6.07) is 5.54. The SMILES string of the molecule is Cc1cccc(S(=O)(=O)NC(CCC2CCCCC2)C(=O)NO)c1. The average Bonchev–Trinajstić information content (AvgIpc) is 2.58. The molecule has 7 heteroatoms. The van der Waals surface area contributed by atoms with Gasteiger partial charge in [0.05, 0.1) is 4.90 Å². The summed E-state index contributed by atoms with van der Waals surface area (Å²) in [5, 5.41) is 8.92. The maximum absolute atomic E-state index is 12.5. The molecule has 1 aliphatic rings. The van der Waals surface area contributed by atoms with E-state index in [4.69, 9.17) is 5.21 Å². The fourth-order valence-corrected chi connectivity index (χ4v) is 4.57. The smallest absolute Gasteiger partial charge is 0.261 e. The van der Waals surface area contributed by atoms with Gasteiger partial charge in [-0.05, 0) is 43.4 Å². The number of benzene rings is 1. The Morgan fingerprint density at radius 2 is 2.00 bits per heavy atom. The van der Waals surface area contributed by atoms with Crippen LogP contribution >= 0.6 is 0 Å². The highest BCUT2D eigenvalue weighted by molar-refractivity contribution is 7.89. The molecule has 24 heavy (non-hydrogen) atoms. The second kappa shape index (κ2) is 8.60. The largest absolute Gasteiger partial charge is 0.289 e. The minimum atomic E-state index is -3.81. The monoisotopic (exact) mass is 354 g/mol. The van der Waals surface area contributed by atoms with Crippen molar-refractivity contribution in [1.82, 2.24) is 10.2 Å². The summed E-state index contributed by atoms with van der Waals surface area (Å²) in [4.78, 5) is 12.0.